The highest BCUT2D eigenvalue weighted by Crippen LogP contribution is 2.16. The first-order valence-electron chi connectivity index (χ1n) is 4.53. The molecule has 4 nitrogen and oxygen atoms in total. The Labute approximate surface area is 87.6 Å². The standard InChI is InChI=1S/C11H10N4/c1-8-4-5-15(14-8)10-3-2-9(7-12)11(13)6-10/h2-6H,13H2,1H3. The van der Waals surface area contributed by atoms with E-state index in [1.54, 1.807) is 16.8 Å². The van der Waals surface area contributed by atoms with Gasteiger partial charge in [0.15, 0.2) is 0 Å². The van der Waals surface area contributed by atoms with Crippen molar-refractivity contribution in [2.24, 2.45) is 0 Å². The molecule has 1 aromatic heterocycles. The van der Waals surface area contributed by atoms with Crippen molar-refractivity contribution in [2.45, 2.75) is 6.92 Å². The SMILES string of the molecule is Cc1ccn(-c2ccc(C#N)c(N)c2)n1. The van der Waals surface area contributed by atoms with Crippen LogP contribution in [0, 0.1) is 18.3 Å². The maximum absolute atomic E-state index is 8.73. The summed E-state index contributed by atoms with van der Waals surface area (Å²) in [6, 6.07) is 9.19. The average molecular weight is 198 g/mol. The van der Waals surface area contributed by atoms with Crippen molar-refractivity contribution in [1.82, 2.24) is 9.78 Å². The first-order valence-corrected chi connectivity index (χ1v) is 4.53. The molecule has 0 fully saturated rings. The van der Waals surface area contributed by atoms with Crippen molar-refractivity contribution in [1.29, 1.82) is 5.26 Å². The fraction of sp³-hybridized carbons (Fsp3) is 0.0909. The van der Waals surface area contributed by atoms with Gasteiger partial charge in [0, 0.05) is 6.20 Å². The third-order valence-electron chi connectivity index (χ3n) is 2.14. The van der Waals surface area contributed by atoms with Crippen LogP contribution < -0.4 is 5.73 Å². The van der Waals surface area contributed by atoms with Crippen LogP contribution in [-0.4, -0.2) is 9.78 Å². The van der Waals surface area contributed by atoms with Gasteiger partial charge in [-0.25, -0.2) is 4.68 Å². The number of nitriles is 1. The molecule has 0 aliphatic carbocycles. The van der Waals surface area contributed by atoms with E-state index in [1.165, 1.54) is 0 Å². The van der Waals surface area contributed by atoms with E-state index in [-0.39, 0.29) is 0 Å². The van der Waals surface area contributed by atoms with Crippen molar-refractivity contribution in [3.05, 3.63) is 41.7 Å². The van der Waals surface area contributed by atoms with Gasteiger partial charge in [-0.05, 0) is 31.2 Å². The first kappa shape index (κ1) is 9.28. The van der Waals surface area contributed by atoms with E-state index in [0.29, 0.717) is 11.3 Å². The smallest absolute Gasteiger partial charge is 0.101 e. The minimum atomic E-state index is 0.475. The van der Waals surface area contributed by atoms with Gasteiger partial charge in [0.05, 0.1) is 22.6 Å². The quantitative estimate of drug-likeness (QED) is 0.708. The van der Waals surface area contributed by atoms with Crippen LogP contribution in [0.25, 0.3) is 5.69 Å². The minimum Gasteiger partial charge on any atom is -0.398 e. The lowest BCUT2D eigenvalue weighted by molar-refractivity contribution is 0.863. The van der Waals surface area contributed by atoms with E-state index in [2.05, 4.69) is 5.10 Å². The monoisotopic (exact) mass is 198 g/mol. The minimum absolute atomic E-state index is 0.475. The molecule has 0 atom stereocenters. The summed E-state index contributed by atoms with van der Waals surface area (Å²) in [4.78, 5) is 0. The molecular formula is C11H10N4. The summed E-state index contributed by atoms with van der Waals surface area (Å²) in [6.45, 7) is 1.92. The van der Waals surface area contributed by atoms with Gasteiger partial charge in [-0.15, -0.1) is 0 Å². The summed E-state index contributed by atoms with van der Waals surface area (Å²) in [5, 5.41) is 13.0. The Balaban J connectivity index is 2.48. The molecule has 2 aromatic rings. The summed E-state index contributed by atoms with van der Waals surface area (Å²) in [5.74, 6) is 0. The molecule has 0 bridgehead atoms. The molecule has 0 saturated carbocycles. The van der Waals surface area contributed by atoms with Crippen LogP contribution in [0.15, 0.2) is 30.5 Å². The maximum atomic E-state index is 8.73. The number of anilines is 1. The molecule has 0 spiro atoms. The number of benzene rings is 1. The van der Waals surface area contributed by atoms with Crippen LogP contribution >= 0.6 is 0 Å². The second kappa shape index (κ2) is 3.46. The van der Waals surface area contributed by atoms with Crippen molar-refractivity contribution in [3.63, 3.8) is 0 Å². The lowest BCUT2D eigenvalue weighted by Gasteiger charge is -2.03. The molecule has 0 amide bonds. The van der Waals surface area contributed by atoms with Crippen molar-refractivity contribution in [3.8, 4) is 11.8 Å². The molecule has 0 radical (unpaired) electrons. The Hall–Kier alpha value is -2.28. The normalized spacial score (nSPS) is 9.87. The van der Waals surface area contributed by atoms with Crippen molar-refractivity contribution >= 4 is 5.69 Å². The van der Waals surface area contributed by atoms with Gasteiger partial charge in [0.2, 0.25) is 0 Å². The number of aryl methyl sites for hydroxylation is 1. The molecule has 0 aliphatic heterocycles. The summed E-state index contributed by atoms with van der Waals surface area (Å²) >= 11 is 0. The summed E-state index contributed by atoms with van der Waals surface area (Å²) < 4.78 is 1.73. The van der Waals surface area contributed by atoms with Crippen LogP contribution in [0.5, 0.6) is 0 Å². The molecule has 1 heterocycles. The molecule has 2 rings (SSSR count). The number of nitrogens with two attached hydrogens (primary N) is 1. The van der Waals surface area contributed by atoms with Crippen LogP contribution in [0.4, 0.5) is 5.69 Å². The van der Waals surface area contributed by atoms with Gasteiger partial charge < -0.3 is 5.73 Å². The lowest BCUT2D eigenvalue weighted by atomic mass is 10.2. The third kappa shape index (κ3) is 1.67. The molecule has 2 N–H and O–H groups in total. The lowest BCUT2D eigenvalue weighted by Crippen LogP contribution is -1.98. The summed E-state index contributed by atoms with van der Waals surface area (Å²) in [6.07, 6.45) is 1.86. The van der Waals surface area contributed by atoms with Crippen LogP contribution in [0.1, 0.15) is 11.3 Å². The first-order chi connectivity index (χ1) is 7.20. The number of nitrogen functional groups attached to an aromatic ring is 1. The molecule has 0 unspecified atom stereocenters. The second-order valence-electron chi connectivity index (χ2n) is 3.29. The summed E-state index contributed by atoms with van der Waals surface area (Å²) in [7, 11) is 0. The Morgan fingerprint density at radius 1 is 1.40 bits per heavy atom. The highest BCUT2D eigenvalue weighted by molar-refractivity contribution is 5.58. The zero-order valence-electron chi connectivity index (χ0n) is 8.31. The number of aromatic nitrogens is 2. The van der Waals surface area contributed by atoms with E-state index < -0.39 is 0 Å². The van der Waals surface area contributed by atoms with Gasteiger partial charge in [-0.2, -0.15) is 10.4 Å². The Kier molecular flexibility index (Phi) is 2.14. The number of nitrogens with zero attached hydrogens (tertiary/aromatic N) is 3. The predicted octanol–water partition coefficient (Wildman–Crippen LogP) is 1.63. The summed E-state index contributed by atoms with van der Waals surface area (Å²) in [5.41, 5.74) is 8.48. The van der Waals surface area contributed by atoms with Crippen molar-refractivity contribution < 1.29 is 0 Å². The van der Waals surface area contributed by atoms with E-state index in [0.717, 1.165) is 11.4 Å². The maximum Gasteiger partial charge on any atom is 0.101 e. The Morgan fingerprint density at radius 2 is 2.20 bits per heavy atom. The van der Waals surface area contributed by atoms with Gasteiger partial charge in [-0.1, -0.05) is 0 Å². The Morgan fingerprint density at radius 3 is 2.73 bits per heavy atom. The van der Waals surface area contributed by atoms with Crippen LogP contribution in [0.2, 0.25) is 0 Å². The topological polar surface area (TPSA) is 67.6 Å². The van der Waals surface area contributed by atoms with Crippen LogP contribution in [0.3, 0.4) is 0 Å². The zero-order chi connectivity index (χ0) is 10.8. The molecule has 0 saturated heterocycles. The number of rotatable bonds is 1. The zero-order valence-corrected chi connectivity index (χ0v) is 8.31. The average Bonchev–Trinajstić information content (AvgIpc) is 2.65. The molecule has 4 heteroatoms. The van der Waals surface area contributed by atoms with Gasteiger partial charge >= 0.3 is 0 Å². The predicted molar refractivity (Wildman–Crippen MR) is 57.4 cm³/mol. The van der Waals surface area contributed by atoms with E-state index >= 15 is 0 Å². The highest BCUT2D eigenvalue weighted by Gasteiger charge is 2.02. The van der Waals surface area contributed by atoms with Gasteiger partial charge in [0.25, 0.3) is 0 Å². The molecule has 0 aliphatic rings. The fourth-order valence-corrected chi connectivity index (χ4v) is 1.35. The van der Waals surface area contributed by atoms with E-state index in [4.69, 9.17) is 11.0 Å². The van der Waals surface area contributed by atoms with Gasteiger partial charge in [-0.3, -0.25) is 0 Å². The third-order valence-corrected chi connectivity index (χ3v) is 2.14. The van der Waals surface area contributed by atoms with E-state index in [9.17, 15) is 0 Å². The fourth-order valence-electron chi connectivity index (χ4n) is 1.35. The molecule has 15 heavy (non-hydrogen) atoms. The second-order valence-corrected chi connectivity index (χ2v) is 3.29. The molecule has 1 aromatic carbocycles. The van der Waals surface area contributed by atoms with Crippen molar-refractivity contribution in [2.75, 3.05) is 5.73 Å². The number of hydrogen-bond acceptors (Lipinski definition) is 3. The largest absolute Gasteiger partial charge is 0.398 e. The number of hydrogen-bond donors (Lipinski definition) is 1. The van der Waals surface area contributed by atoms with Gasteiger partial charge in [0.1, 0.15) is 6.07 Å². The molecular weight excluding hydrogens is 188 g/mol. The Bertz CT molecular complexity index is 534. The highest BCUT2D eigenvalue weighted by atomic mass is 15.3. The van der Waals surface area contributed by atoms with Crippen LogP contribution in [-0.2, 0) is 0 Å². The molecule has 74 valence electrons. The van der Waals surface area contributed by atoms with E-state index in [1.807, 2.05) is 31.3 Å².